The minimum Gasteiger partial charge on any atom is -0.477 e. The molecule has 0 spiro atoms. The van der Waals surface area contributed by atoms with Crippen LogP contribution in [-0.2, 0) is 4.79 Å². The molecule has 0 aromatic carbocycles. The van der Waals surface area contributed by atoms with E-state index in [4.69, 9.17) is 10.4 Å². The summed E-state index contributed by atoms with van der Waals surface area (Å²) < 4.78 is 3.91. The third-order valence-corrected chi connectivity index (χ3v) is 3.49. The van der Waals surface area contributed by atoms with Gasteiger partial charge in [-0.2, -0.15) is 10.4 Å². The van der Waals surface area contributed by atoms with Crippen LogP contribution in [0.4, 0.5) is 0 Å². The number of carbonyl (C=O) groups is 1. The fourth-order valence-electron chi connectivity index (χ4n) is 2.47. The molecule has 0 bridgehead atoms. The summed E-state index contributed by atoms with van der Waals surface area (Å²) in [5.74, 6) is -0.307. The normalized spacial score (nSPS) is 11.7. The summed E-state index contributed by atoms with van der Waals surface area (Å²) in [6, 6.07) is 5.69. The second-order valence-electron chi connectivity index (χ2n) is 5.36. The second kappa shape index (κ2) is 5.90. The van der Waals surface area contributed by atoms with Crippen molar-refractivity contribution >= 4 is 12.0 Å². The molecule has 0 fully saturated rings. The first-order chi connectivity index (χ1) is 10.4. The molecule has 0 aliphatic heterocycles. The molecular weight excluding hydrogens is 280 g/mol. The van der Waals surface area contributed by atoms with E-state index in [0.717, 1.165) is 17.2 Å². The molecule has 0 atom stereocenters. The molecule has 0 unspecified atom stereocenters. The largest absolute Gasteiger partial charge is 0.477 e. The smallest absolute Gasteiger partial charge is 0.346 e. The molecule has 2 aromatic rings. The Hall–Kier alpha value is -2.81. The molecule has 2 aromatic heterocycles. The SMILES string of the molecule is Cc1cc(/C=C(/C#N)C(=O)O)c(C)n1-c1ccnn1C(C)C. The number of nitrogens with zero attached hydrogens (tertiary/aromatic N) is 4. The highest BCUT2D eigenvalue weighted by molar-refractivity contribution is 5.96. The maximum Gasteiger partial charge on any atom is 0.346 e. The monoisotopic (exact) mass is 298 g/mol. The van der Waals surface area contributed by atoms with Gasteiger partial charge in [-0.05, 0) is 45.4 Å². The molecule has 0 amide bonds. The summed E-state index contributed by atoms with van der Waals surface area (Å²) in [5.41, 5.74) is 2.26. The summed E-state index contributed by atoms with van der Waals surface area (Å²) in [7, 11) is 0. The van der Waals surface area contributed by atoms with Gasteiger partial charge in [0.05, 0.1) is 6.20 Å². The van der Waals surface area contributed by atoms with E-state index in [2.05, 4.69) is 5.10 Å². The first kappa shape index (κ1) is 15.6. The van der Waals surface area contributed by atoms with E-state index < -0.39 is 5.97 Å². The van der Waals surface area contributed by atoms with Gasteiger partial charge in [0, 0.05) is 23.5 Å². The van der Waals surface area contributed by atoms with Gasteiger partial charge in [-0.3, -0.25) is 0 Å². The zero-order valence-electron chi connectivity index (χ0n) is 13.0. The van der Waals surface area contributed by atoms with E-state index in [9.17, 15) is 4.79 Å². The van der Waals surface area contributed by atoms with Crippen molar-refractivity contribution < 1.29 is 9.90 Å². The van der Waals surface area contributed by atoms with Crippen molar-refractivity contribution in [1.29, 1.82) is 5.26 Å². The van der Waals surface area contributed by atoms with E-state index >= 15 is 0 Å². The van der Waals surface area contributed by atoms with Crippen LogP contribution in [0.15, 0.2) is 23.9 Å². The third-order valence-electron chi connectivity index (χ3n) is 3.49. The molecule has 22 heavy (non-hydrogen) atoms. The minimum atomic E-state index is -1.22. The van der Waals surface area contributed by atoms with Crippen molar-refractivity contribution in [2.24, 2.45) is 0 Å². The third kappa shape index (κ3) is 2.66. The fraction of sp³-hybridized carbons (Fsp3) is 0.312. The highest BCUT2D eigenvalue weighted by Gasteiger charge is 2.16. The van der Waals surface area contributed by atoms with E-state index in [1.807, 2.05) is 49.1 Å². The lowest BCUT2D eigenvalue weighted by molar-refractivity contribution is -0.132. The molecule has 114 valence electrons. The molecule has 2 heterocycles. The average Bonchev–Trinajstić information content (AvgIpc) is 3.01. The molecule has 0 aliphatic carbocycles. The number of aryl methyl sites for hydroxylation is 1. The number of aliphatic carboxylic acids is 1. The molecule has 0 saturated heterocycles. The maximum atomic E-state index is 11.0. The van der Waals surface area contributed by atoms with Crippen LogP contribution in [0.1, 0.15) is 36.8 Å². The average molecular weight is 298 g/mol. The van der Waals surface area contributed by atoms with Gasteiger partial charge in [0.15, 0.2) is 0 Å². The fourth-order valence-corrected chi connectivity index (χ4v) is 2.47. The Morgan fingerprint density at radius 2 is 2.14 bits per heavy atom. The molecule has 0 radical (unpaired) electrons. The summed E-state index contributed by atoms with van der Waals surface area (Å²) >= 11 is 0. The Morgan fingerprint density at radius 1 is 1.45 bits per heavy atom. The standard InChI is InChI=1S/C16H18N4O2/c1-10(2)20-15(5-6-18-20)19-11(3)7-13(12(19)4)8-14(9-17)16(21)22/h5-8,10H,1-4H3,(H,21,22)/b14-8-. The van der Waals surface area contributed by atoms with Crippen LogP contribution in [0, 0.1) is 25.2 Å². The van der Waals surface area contributed by atoms with Gasteiger partial charge in [0.25, 0.3) is 0 Å². The topological polar surface area (TPSA) is 83.8 Å². The van der Waals surface area contributed by atoms with Crippen LogP contribution >= 0.6 is 0 Å². The van der Waals surface area contributed by atoms with Crippen molar-refractivity contribution in [1.82, 2.24) is 14.3 Å². The van der Waals surface area contributed by atoms with Gasteiger partial charge in [-0.25, -0.2) is 9.48 Å². The predicted molar refractivity (Wildman–Crippen MR) is 82.6 cm³/mol. The lowest BCUT2D eigenvalue weighted by Gasteiger charge is -2.15. The number of hydrogen-bond acceptors (Lipinski definition) is 3. The maximum absolute atomic E-state index is 11.0. The van der Waals surface area contributed by atoms with E-state index in [-0.39, 0.29) is 11.6 Å². The summed E-state index contributed by atoms with van der Waals surface area (Å²) in [6.45, 7) is 7.93. The van der Waals surface area contributed by atoms with Crippen LogP contribution in [0.25, 0.3) is 11.9 Å². The molecule has 1 N–H and O–H groups in total. The Labute approximate surface area is 128 Å². The number of aromatic nitrogens is 3. The van der Waals surface area contributed by atoms with E-state index in [0.29, 0.717) is 5.56 Å². The van der Waals surface area contributed by atoms with E-state index in [1.165, 1.54) is 6.08 Å². The van der Waals surface area contributed by atoms with Crippen molar-refractivity contribution in [3.05, 3.63) is 40.9 Å². The Kier molecular flexibility index (Phi) is 4.18. The molecular formula is C16H18N4O2. The Bertz CT molecular complexity index is 788. The number of rotatable bonds is 4. The predicted octanol–water partition coefficient (Wildman–Crippen LogP) is 2.86. The first-order valence-electron chi connectivity index (χ1n) is 6.94. The van der Waals surface area contributed by atoms with Gasteiger partial charge in [-0.1, -0.05) is 0 Å². The van der Waals surface area contributed by atoms with Crippen molar-refractivity contribution in [3.63, 3.8) is 0 Å². The zero-order valence-corrected chi connectivity index (χ0v) is 13.0. The van der Waals surface area contributed by atoms with Crippen LogP contribution in [0.2, 0.25) is 0 Å². The van der Waals surface area contributed by atoms with Crippen molar-refractivity contribution in [3.8, 4) is 11.9 Å². The second-order valence-corrected chi connectivity index (χ2v) is 5.36. The zero-order chi connectivity index (χ0) is 16.4. The van der Waals surface area contributed by atoms with Crippen molar-refractivity contribution in [2.45, 2.75) is 33.7 Å². The van der Waals surface area contributed by atoms with Crippen LogP contribution in [0.3, 0.4) is 0 Å². The van der Waals surface area contributed by atoms with Gasteiger partial charge >= 0.3 is 5.97 Å². The number of carboxylic acid groups (broad SMARTS) is 1. The quantitative estimate of drug-likeness (QED) is 0.695. The summed E-state index contributed by atoms with van der Waals surface area (Å²) in [4.78, 5) is 11.0. The van der Waals surface area contributed by atoms with Crippen LogP contribution < -0.4 is 0 Å². The number of nitriles is 1. The Balaban J connectivity index is 2.60. The van der Waals surface area contributed by atoms with E-state index in [1.54, 1.807) is 12.3 Å². The van der Waals surface area contributed by atoms with Crippen molar-refractivity contribution in [2.75, 3.05) is 0 Å². The molecule has 0 aliphatic rings. The van der Waals surface area contributed by atoms with Gasteiger partial charge in [0.1, 0.15) is 17.5 Å². The lowest BCUT2D eigenvalue weighted by Crippen LogP contribution is -2.11. The molecule has 6 nitrogen and oxygen atoms in total. The highest BCUT2D eigenvalue weighted by atomic mass is 16.4. The van der Waals surface area contributed by atoms with Gasteiger partial charge in [0.2, 0.25) is 0 Å². The molecule has 2 rings (SSSR count). The lowest BCUT2D eigenvalue weighted by atomic mass is 10.1. The van der Waals surface area contributed by atoms with Crippen LogP contribution in [-0.4, -0.2) is 25.4 Å². The molecule has 6 heteroatoms. The van der Waals surface area contributed by atoms with Crippen LogP contribution in [0.5, 0.6) is 0 Å². The van der Waals surface area contributed by atoms with Gasteiger partial charge in [-0.15, -0.1) is 0 Å². The summed E-state index contributed by atoms with van der Waals surface area (Å²) in [6.07, 6.45) is 3.14. The Morgan fingerprint density at radius 3 is 2.68 bits per heavy atom. The highest BCUT2D eigenvalue weighted by Crippen LogP contribution is 2.24. The van der Waals surface area contributed by atoms with Gasteiger partial charge < -0.3 is 9.67 Å². The number of hydrogen-bond donors (Lipinski definition) is 1. The first-order valence-corrected chi connectivity index (χ1v) is 6.94. The molecule has 0 saturated carbocycles. The minimum absolute atomic E-state index is 0.207. The number of carboxylic acids is 1. The summed E-state index contributed by atoms with van der Waals surface area (Å²) in [5, 5.41) is 22.2.